The summed E-state index contributed by atoms with van der Waals surface area (Å²) in [5.41, 5.74) is 2.21. The summed E-state index contributed by atoms with van der Waals surface area (Å²) in [7, 11) is 0. The molecule has 2 aliphatic rings. The molecule has 0 saturated carbocycles. The second-order valence-corrected chi connectivity index (χ2v) is 9.46. The van der Waals surface area contributed by atoms with Crippen LogP contribution in [0.25, 0.3) is 10.9 Å². The van der Waals surface area contributed by atoms with Gasteiger partial charge in [-0.05, 0) is 62.0 Å². The van der Waals surface area contributed by atoms with Crippen LogP contribution in [0, 0.1) is 0 Å². The van der Waals surface area contributed by atoms with Crippen molar-refractivity contribution in [1.29, 1.82) is 0 Å². The van der Waals surface area contributed by atoms with Gasteiger partial charge >= 0.3 is 0 Å². The fourth-order valence-electron chi connectivity index (χ4n) is 5.23. The third kappa shape index (κ3) is 4.86. The minimum atomic E-state index is -0.168. The van der Waals surface area contributed by atoms with Crippen molar-refractivity contribution in [3.05, 3.63) is 66.4 Å². The molecule has 0 spiro atoms. The molecule has 0 radical (unpaired) electrons. The highest BCUT2D eigenvalue weighted by atomic mass is 16.2. The molecule has 3 heterocycles. The molecule has 2 atom stereocenters. The Bertz CT molecular complexity index is 1140. The van der Waals surface area contributed by atoms with Gasteiger partial charge in [0.2, 0.25) is 5.91 Å². The minimum Gasteiger partial charge on any atom is -0.361 e. The number of nitrogens with one attached hydrogen (secondary N) is 2. The zero-order chi connectivity index (χ0) is 23.5. The zero-order valence-corrected chi connectivity index (χ0v) is 19.7. The molecule has 2 fully saturated rings. The zero-order valence-electron chi connectivity index (χ0n) is 19.7. The van der Waals surface area contributed by atoms with Crippen LogP contribution in [0.1, 0.15) is 30.1 Å². The molecule has 7 heteroatoms. The number of hydrogen-bond donors (Lipinski definition) is 2. The number of nitrogens with zero attached hydrogens (tertiary/aromatic N) is 3. The Hall–Kier alpha value is -3.16. The Morgan fingerprint density at radius 3 is 2.59 bits per heavy atom. The van der Waals surface area contributed by atoms with Crippen molar-refractivity contribution in [2.45, 2.75) is 31.8 Å². The van der Waals surface area contributed by atoms with Crippen LogP contribution in [0.5, 0.6) is 0 Å². The highest BCUT2D eigenvalue weighted by Gasteiger charge is 2.30. The average Bonchev–Trinajstić information content (AvgIpc) is 3.35. The normalized spacial score (nSPS) is 21.5. The summed E-state index contributed by atoms with van der Waals surface area (Å²) in [5, 5.41) is 4.57. The molecule has 1 aromatic heterocycles. The van der Waals surface area contributed by atoms with Gasteiger partial charge in [-0.1, -0.05) is 24.3 Å². The molecule has 2 aromatic carbocycles. The molecule has 178 valence electrons. The number of anilines is 1. The molecule has 2 amide bonds. The van der Waals surface area contributed by atoms with Gasteiger partial charge in [0, 0.05) is 61.2 Å². The van der Waals surface area contributed by atoms with E-state index in [0.717, 1.165) is 42.6 Å². The van der Waals surface area contributed by atoms with Gasteiger partial charge in [-0.2, -0.15) is 0 Å². The number of carbonyl (C=O) groups excluding carboxylic acids is 2. The summed E-state index contributed by atoms with van der Waals surface area (Å²) in [6.07, 6.45) is 4.19. The number of aromatic nitrogens is 1. The number of aromatic amines is 1. The molecule has 2 aliphatic heterocycles. The van der Waals surface area contributed by atoms with Crippen molar-refractivity contribution in [1.82, 2.24) is 20.1 Å². The third-order valence-corrected chi connectivity index (χ3v) is 7.19. The van der Waals surface area contributed by atoms with Gasteiger partial charge in [-0.25, -0.2) is 0 Å². The van der Waals surface area contributed by atoms with E-state index >= 15 is 0 Å². The summed E-state index contributed by atoms with van der Waals surface area (Å²) in [6, 6.07) is 18.2. The quantitative estimate of drug-likeness (QED) is 0.615. The lowest BCUT2D eigenvalue weighted by Crippen LogP contribution is -2.56. The largest absolute Gasteiger partial charge is 0.361 e. The van der Waals surface area contributed by atoms with Crippen molar-refractivity contribution in [3.63, 3.8) is 0 Å². The van der Waals surface area contributed by atoms with Gasteiger partial charge < -0.3 is 15.2 Å². The second kappa shape index (κ2) is 9.99. The molecule has 2 unspecified atom stereocenters. The fourth-order valence-corrected chi connectivity index (χ4v) is 5.23. The predicted octanol–water partition coefficient (Wildman–Crippen LogP) is 3.10. The van der Waals surface area contributed by atoms with Gasteiger partial charge in [0.05, 0.1) is 0 Å². The summed E-state index contributed by atoms with van der Waals surface area (Å²) in [5.74, 6) is -0.171. The van der Waals surface area contributed by atoms with E-state index in [1.54, 1.807) is 4.90 Å². The number of rotatable bonds is 5. The maximum Gasteiger partial charge on any atom is 0.258 e. The lowest BCUT2D eigenvalue weighted by atomic mass is 9.98. The molecule has 34 heavy (non-hydrogen) atoms. The first-order valence-corrected chi connectivity index (χ1v) is 12.3. The molecule has 0 aliphatic carbocycles. The number of piperidine rings is 1. The Balaban J connectivity index is 1.28. The lowest BCUT2D eigenvalue weighted by Gasteiger charge is -2.42. The van der Waals surface area contributed by atoms with E-state index in [2.05, 4.69) is 22.1 Å². The molecule has 0 bridgehead atoms. The summed E-state index contributed by atoms with van der Waals surface area (Å²) < 4.78 is 0. The van der Waals surface area contributed by atoms with E-state index in [-0.39, 0.29) is 18.4 Å². The van der Waals surface area contributed by atoms with Crippen molar-refractivity contribution >= 4 is 28.4 Å². The van der Waals surface area contributed by atoms with Crippen molar-refractivity contribution in [2.24, 2.45) is 0 Å². The SMILES string of the molecule is CC1CC(N2CCN(C(=O)CN(C(=O)c3ccc4cc[nH]c4c3)c3ccccc3)CC2)CCN1. The predicted molar refractivity (Wildman–Crippen MR) is 135 cm³/mol. The van der Waals surface area contributed by atoms with Crippen LogP contribution in [0.4, 0.5) is 5.69 Å². The van der Waals surface area contributed by atoms with Crippen LogP contribution in [-0.4, -0.2) is 78.0 Å². The van der Waals surface area contributed by atoms with E-state index in [1.165, 1.54) is 6.42 Å². The Morgan fingerprint density at radius 2 is 1.82 bits per heavy atom. The van der Waals surface area contributed by atoms with Crippen molar-refractivity contribution in [2.75, 3.05) is 44.2 Å². The van der Waals surface area contributed by atoms with Gasteiger partial charge in [-0.15, -0.1) is 0 Å². The monoisotopic (exact) mass is 459 g/mol. The van der Waals surface area contributed by atoms with Gasteiger partial charge in [0.25, 0.3) is 5.91 Å². The Kier molecular flexibility index (Phi) is 6.65. The number of carbonyl (C=O) groups is 2. The van der Waals surface area contributed by atoms with Crippen molar-refractivity contribution < 1.29 is 9.59 Å². The smallest absolute Gasteiger partial charge is 0.258 e. The number of para-hydroxylation sites is 1. The number of hydrogen-bond acceptors (Lipinski definition) is 4. The van der Waals surface area contributed by atoms with Gasteiger partial charge in [-0.3, -0.25) is 19.4 Å². The number of benzene rings is 2. The highest BCUT2D eigenvalue weighted by Crippen LogP contribution is 2.21. The molecule has 7 nitrogen and oxygen atoms in total. The number of piperazine rings is 1. The first-order valence-electron chi connectivity index (χ1n) is 12.3. The molecule has 2 saturated heterocycles. The van der Waals surface area contributed by atoms with Crippen LogP contribution in [0.3, 0.4) is 0 Å². The standard InChI is InChI=1S/C27H33N5O2/c1-20-17-24(10-12-28-20)30-13-15-31(16-14-30)26(33)19-32(23-5-3-2-4-6-23)27(34)22-8-7-21-9-11-29-25(21)18-22/h2-9,11,18,20,24,28-29H,10,12-17,19H2,1H3. The van der Waals surface area contributed by atoms with E-state index in [4.69, 9.17) is 0 Å². The topological polar surface area (TPSA) is 71.7 Å². The van der Waals surface area contributed by atoms with Crippen LogP contribution in [0.2, 0.25) is 0 Å². The summed E-state index contributed by atoms with van der Waals surface area (Å²) in [6.45, 7) is 6.56. The van der Waals surface area contributed by atoms with Gasteiger partial charge in [0.15, 0.2) is 0 Å². The molecule has 5 rings (SSSR count). The lowest BCUT2D eigenvalue weighted by molar-refractivity contribution is -0.131. The van der Waals surface area contributed by atoms with Crippen LogP contribution in [-0.2, 0) is 4.79 Å². The Labute approximate surface area is 200 Å². The van der Waals surface area contributed by atoms with E-state index < -0.39 is 0 Å². The van der Waals surface area contributed by atoms with E-state index in [0.29, 0.717) is 30.7 Å². The minimum absolute atomic E-state index is 0.00326. The number of H-pyrrole nitrogens is 1. The average molecular weight is 460 g/mol. The molecule has 2 N–H and O–H groups in total. The van der Waals surface area contributed by atoms with E-state index in [1.807, 2.05) is 65.7 Å². The number of amides is 2. The van der Waals surface area contributed by atoms with Crippen LogP contribution >= 0.6 is 0 Å². The summed E-state index contributed by atoms with van der Waals surface area (Å²) >= 11 is 0. The van der Waals surface area contributed by atoms with E-state index in [9.17, 15) is 9.59 Å². The number of fused-ring (bicyclic) bond motifs is 1. The van der Waals surface area contributed by atoms with Gasteiger partial charge in [0.1, 0.15) is 6.54 Å². The van der Waals surface area contributed by atoms with Crippen LogP contribution < -0.4 is 10.2 Å². The first-order chi connectivity index (χ1) is 16.6. The highest BCUT2D eigenvalue weighted by molar-refractivity contribution is 6.10. The van der Waals surface area contributed by atoms with Crippen molar-refractivity contribution in [3.8, 4) is 0 Å². The first kappa shape index (κ1) is 22.6. The maximum atomic E-state index is 13.5. The summed E-state index contributed by atoms with van der Waals surface area (Å²) in [4.78, 5) is 36.1. The third-order valence-electron chi connectivity index (χ3n) is 7.19. The van der Waals surface area contributed by atoms with Crippen LogP contribution in [0.15, 0.2) is 60.8 Å². The fraction of sp³-hybridized carbons (Fsp3) is 0.407. The molecular formula is C27H33N5O2. The molecule has 3 aromatic rings. The second-order valence-electron chi connectivity index (χ2n) is 9.46. The Morgan fingerprint density at radius 1 is 1.03 bits per heavy atom. The molecular weight excluding hydrogens is 426 g/mol. The maximum absolute atomic E-state index is 13.5.